The number of hydrogen-bond acceptors (Lipinski definition) is 5. The Hall–Kier alpha value is -3.16. The van der Waals surface area contributed by atoms with Crippen LogP contribution in [0.25, 0.3) is 0 Å². The second kappa shape index (κ2) is 8.98. The fourth-order valence-corrected chi connectivity index (χ4v) is 4.07. The van der Waals surface area contributed by atoms with Crippen molar-refractivity contribution in [2.24, 2.45) is 16.8 Å². The minimum atomic E-state index is -0.844. The first-order valence-electron chi connectivity index (χ1n) is 8.40. The van der Waals surface area contributed by atoms with Crippen LogP contribution >= 0.6 is 11.3 Å². The van der Waals surface area contributed by atoms with Gasteiger partial charge in [-0.05, 0) is 48.9 Å². The third-order valence-electron chi connectivity index (χ3n) is 4.31. The number of carbonyl (C=O) groups is 1. The summed E-state index contributed by atoms with van der Waals surface area (Å²) in [5, 5.41) is 25.2. The zero-order chi connectivity index (χ0) is 20.0. The Labute approximate surface area is 162 Å². The van der Waals surface area contributed by atoms with Crippen molar-refractivity contribution in [2.75, 3.05) is 0 Å². The zero-order valence-corrected chi connectivity index (χ0v) is 16.3. The lowest BCUT2D eigenvalue weighted by molar-refractivity contribution is 0.249. The molecule has 2 rings (SSSR count). The van der Waals surface area contributed by atoms with E-state index in [9.17, 15) is 15.3 Å². The Morgan fingerprint density at radius 3 is 2.37 bits per heavy atom. The molecule has 1 atom stereocenters. The molecule has 27 heavy (non-hydrogen) atoms. The molecule has 1 aromatic carbocycles. The number of amides is 2. The van der Waals surface area contributed by atoms with Gasteiger partial charge in [-0.15, -0.1) is 11.3 Å². The smallest absolute Gasteiger partial charge is 0.332 e. The van der Waals surface area contributed by atoms with Crippen molar-refractivity contribution in [1.29, 1.82) is 10.5 Å². The number of nitriles is 2. The minimum Gasteiger partial charge on any atom is -0.350 e. The van der Waals surface area contributed by atoms with E-state index in [1.54, 1.807) is 0 Å². The summed E-state index contributed by atoms with van der Waals surface area (Å²) in [4.78, 5) is 12.0. The van der Waals surface area contributed by atoms with Gasteiger partial charge in [-0.3, -0.25) is 0 Å². The third kappa shape index (κ3) is 4.93. The van der Waals surface area contributed by atoms with Crippen molar-refractivity contribution in [2.45, 2.75) is 33.1 Å². The number of nitrogens with zero attached hydrogens (tertiary/aromatic N) is 3. The molecule has 1 heterocycles. The predicted octanol–water partition coefficient (Wildman–Crippen LogP) is 3.88. The summed E-state index contributed by atoms with van der Waals surface area (Å²) in [5.74, 6) is -1.22. The molecule has 0 bridgehead atoms. The van der Waals surface area contributed by atoms with E-state index >= 15 is 0 Å². The predicted molar refractivity (Wildman–Crippen MR) is 106 cm³/mol. The van der Waals surface area contributed by atoms with Gasteiger partial charge in [0.1, 0.15) is 5.92 Å². The summed E-state index contributed by atoms with van der Waals surface area (Å²) in [5.41, 5.74) is 12.2. The standard InChI is InChI=1S/C20H21N5OS/c1-12-7-13(2)19(14(3)8-12)16(15(10-21)11-22)9-17(24-25-20(23)26)18-5-4-6-27-18/h4-8,15-16H,9H2,1-3H3,(H3,23,25,26)/b24-17+/t16-/m0/s1. The van der Waals surface area contributed by atoms with Crippen LogP contribution in [0, 0.1) is 49.4 Å². The number of urea groups is 1. The normalized spacial score (nSPS) is 12.3. The second-order valence-corrected chi connectivity index (χ2v) is 7.32. The Morgan fingerprint density at radius 1 is 1.26 bits per heavy atom. The lowest BCUT2D eigenvalue weighted by Crippen LogP contribution is -2.27. The molecule has 0 aliphatic heterocycles. The van der Waals surface area contributed by atoms with E-state index in [-0.39, 0.29) is 5.92 Å². The Balaban J connectivity index is 2.55. The van der Waals surface area contributed by atoms with E-state index in [4.69, 9.17) is 5.73 Å². The van der Waals surface area contributed by atoms with E-state index in [1.165, 1.54) is 11.3 Å². The molecule has 0 saturated carbocycles. The molecule has 0 fully saturated rings. The van der Waals surface area contributed by atoms with E-state index in [2.05, 4.69) is 22.7 Å². The van der Waals surface area contributed by atoms with Crippen LogP contribution in [0.4, 0.5) is 4.79 Å². The number of hydrogen-bond donors (Lipinski definition) is 2. The van der Waals surface area contributed by atoms with Crippen molar-refractivity contribution in [3.05, 3.63) is 56.8 Å². The van der Waals surface area contributed by atoms with Gasteiger partial charge in [-0.25, -0.2) is 10.2 Å². The molecule has 6 nitrogen and oxygen atoms in total. The molecule has 2 aromatic rings. The number of benzene rings is 1. The first-order valence-corrected chi connectivity index (χ1v) is 9.28. The molecule has 0 unspecified atom stereocenters. The fourth-order valence-electron chi connectivity index (χ4n) is 3.35. The molecule has 138 valence electrons. The zero-order valence-electron chi connectivity index (χ0n) is 15.5. The van der Waals surface area contributed by atoms with Gasteiger partial charge < -0.3 is 5.73 Å². The van der Waals surface area contributed by atoms with Gasteiger partial charge in [-0.2, -0.15) is 15.6 Å². The molecule has 0 aliphatic carbocycles. The molecule has 2 amide bonds. The van der Waals surface area contributed by atoms with Gasteiger partial charge >= 0.3 is 6.03 Å². The second-order valence-electron chi connectivity index (χ2n) is 6.37. The molecule has 0 aliphatic rings. The number of carbonyl (C=O) groups excluding carboxylic acids is 1. The van der Waals surface area contributed by atoms with Crippen molar-refractivity contribution >= 4 is 23.1 Å². The number of rotatable bonds is 6. The average molecular weight is 379 g/mol. The Morgan fingerprint density at radius 2 is 1.89 bits per heavy atom. The van der Waals surface area contributed by atoms with Gasteiger partial charge in [0.25, 0.3) is 0 Å². The molecule has 0 saturated heterocycles. The third-order valence-corrected chi connectivity index (χ3v) is 5.23. The number of thiophene rings is 1. The first-order chi connectivity index (χ1) is 12.9. The van der Waals surface area contributed by atoms with E-state index < -0.39 is 11.9 Å². The quantitative estimate of drug-likeness (QED) is 0.586. The molecular weight excluding hydrogens is 358 g/mol. The number of primary amides is 1. The fraction of sp³-hybridized carbons (Fsp3) is 0.300. The number of hydrazone groups is 1. The highest BCUT2D eigenvalue weighted by molar-refractivity contribution is 7.12. The lowest BCUT2D eigenvalue weighted by Gasteiger charge is -2.23. The highest BCUT2D eigenvalue weighted by Gasteiger charge is 2.28. The van der Waals surface area contributed by atoms with Crippen LogP contribution in [0.15, 0.2) is 34.7 Å². The first kappa shape index (κ1) is 20.2. The molecule has 0 radical (unpaired) electrons. The van der Waals surface area contributed by atoms with E-state index in [0.717, 1.165) is 27.1 Å². The molecular formula is C20H21N5OS. The number of aryl methyl sites for hydroxylation is 3. The van der Waals surface area contributed by atoms with Gasteiger partial charge in [0.15, 0.2) is 0 Å². The topological polar surface area (TPSA) is 115 Å². The SMILES string of the molecule is Cc1cc(C)c([C@@H](C/C(=N\NC(N)=O)c2cccs2)C(C#N)C#N)c(C)c1. The monoisotopic (exact) mass is 379 g/mol. The van der Waals surface area contributed by atoms with Gasteiger partial charge in [0, 0.05) is 12.3 Å². The summed E-state index contributed by atoms with van der Waals surface area (Å²) >= 11 is 1.47. The minimum absolute atomic E-state index is 0.331. The molecule has 3 N–H and O–H groups in total. The van der Waals surface area contributed by atoms with Crippen LogP contribution in [0.3, 0.4) is 0 Å². The summed E-state index contributed by atoms with van der Waals surface area (Å²) < 4.78 is 0. The van der Waals surface area contributed by atoms with Crippen LogP contribution in [-0.4, -0.2) is 11.7 Å². The van der Waals surface area contributed by atoms with Crippen LogP contribution in [-0.2, 0) is 0 Å². The molecule has 0 spiro atoms. The maximum Gasteiger partial charge on any atom is 0.332 e. The van der Waals surface area contributed by atoms with Crippen molar-refractivity contribution in [3.8, 4) is 12.1 Å². The van der Waals surface area contributed by atoms with E-state index in [0.29, 0.717) is 12.1 Å². The Bertz CT molecular complexity index is 897. The largest absolute Gasteiger partial charge is 0.350 e. The van der Waals surface area contributed by atoms with Crippen molar-refractivity contribution in [3.63, 3.8) is 0 Å². The van der Waals surface area contributed by atoms with E-state index in [1.807, 2.05) is 50.4 Å². The summed E-state index contributed by atoms with van der Waals surface area (Å²) in [6, 6.07) is 11.3. The van der Waals surface area contributed by atoms with Gasteiger partial charge in [-0.1, -0.05) is 23.8 Å². The van der Waals surface area contributed by atoms with Crippen LogP contribution < -0.4 is 11.2 Å². The molecule has 1 aromatic heterocycles. The summed E-state index contributed by atoms with van der Waals surface area (Å²) in [6.45, 7) is 5.98. The van der Waals surface area contributed by atoms with Crippen molar-refractivity contribution in [1.82, 2.24) is 5.43 Å². The van der Waals surface area contributed by atoms with Gasteiger partial charge in [0.05, 0.1) is 22.7 Å². The maximum absolute atomic E-state index is 11.1. The summed E-state index contributed by atoms with van der Waals surface area (Å²) in [7, 11) is 0. The van der Waals surface area contributed by atoms with Crippen molar-refractivity contribution < 1.29 is 4.79 Å². The number of nitrogens with one attached hydrogen (secondary N) is 1. The average Bonchev–Trinajstić information content (AvgIpc) is 3.12. The van der Waals surface area contributed by atoms with Crippen LogP contribution in [0.5, 0.6) is 0 Å². The Kier molecular flexibility index (Phi) is 6.70. The van der Waals surface area contributed by atoms with Crippen LogP contribution in [0.1, 0.15) is 39.5 Å². The maximum atomic E-state index is 11.1. The molecule has 7 heteroatoms. The lowest BCUT2D eigenvalue weighted by atomic mass is 9.79. The number of nitrogens with two attached hydrogens (primary N) is 1. The van der Waals surface area contributed by atoms with Gasteiger partial charge in [0.2, 0.25) is 0 Å². The highest BCUT2D eigenvalue weighted by atomic mass is 32.1. The van der Waals surface area contributed by atoms with Crippen LogP contribution in [0.2, 0.25) is 0 Å². The summed E-state index contributed by atoms with van der Waals surface area (Å²) in [6.07, 6.45) is 0.331. The highest BCUT2D eigenvalue weighted by Crippen LogP contribution is 2.35.